The van der Waals surface area contributed by atoms with Crippen molar-refractivity contribution in [1.29, 1.82) is 0 Å². The molecule has 1 aromatic carbocycles. The Morgan fingerprint density at radius 2 is 1.56 bits per heavy atom. The van der Waals surface area contributed by atoms with E-state index in [1.807, 2.05) is 26.0 Å². The summed E-state index contributed by atoms with van der Waals surface area (Å²) in [4.78, 5) is 8.93. The summed E-state index contributed by atoms with van der Waals surface area (Å²) in [5.74, 6) is 0.773. The largest absolute Gasteiger partial charge is 0.233 e. The van der Waals surface area contributed by atoms with Gasteiger partial charge in [-0.25, -0.2) is 9.97 Å². The van der Waals surface area contributed by atoms with Crippen LogP contribution in [0.2, 0.25) is 0 Å². The van der Waals surface area contributed by atoms with Crippen LogP contribution in [0.15, 0.2) is 28.9 Å². The monoisotopic (exact) mass is 276 g/mol. The normalized spacial score (nSPS) is 10.5. The molecule has 0 radical (unpaired) electrons. The first-order valence-corrected chi connectivity index (χ1v) is 5.95. The fourth-order valence-corrected chi connectivity index (χ4v) is 1.88. The molecule has 0 unspecified atom stereocenters. The van der Waals surface area contributed by atoms with Crippen LogP contribution < -0.4 is 0 Å². The molecule has 1 heterocycles. The van der Waals surface area contributed by atoms with Crippen LogP contribution in [-0.2, 0) is 0 Å². The smallest absolute Gasteiger partial charge is 0.160 e. The molecule has 0 fully saturated rings. The zero-order valence-electron chi connectivity index (χ0n) is 9.58. The van der Waals surface area contributed by atoms with E-state index < -0.39 is 0 Å². The predicted molar refractivity (Wildman–Crippen MR) is 69.4 cm³/mol. The summed E-state index contributed by atoms with van der Waals surface area (Å²) < 4.78 is 0.871. The Kier molecular flexibility index (Phi) is 3.06. The number of aromatic nitrogens is 2. The molecule has 0 aliphatic rings. The van der Waals surface area contributed by atoms with Crippen molar-refractivity contribution in [3.63, 3.8) is 0 Å². The molecule has 0 N–H and O–H groups in total. The summed E-state index contributed by atoms with van der Waals surface area (Å²) in [7, 11) is 0. The second kappa shape index (κ2) is 4.34. The molecule has 1 aromatic heterocycles. The molecule has 0 amide bonds. The lowest BCUT2D eigenvalue weighted by molar-refractivity contribution is 1.05. The number of rotatable bonds is 1. The summed E-state index contributed by atoms with van der Waals surface area (Å²) in [6, 6.07) is 8.24. The van der Waals surface area contributed by atoms with E-state index in [4.69, 9.17) is 0 Å². The molecule has 0 saturated heterocycles. The Balaban J connectivity index is 2.52. The van der Waals surface area contributed by atoms with Crippen molar-refractivity contribution in [2.45, 2.75) is 20.8 Å². The Morgan fingerprint density at radius 3 is 2.12 bits per heavy atom. The summed E-state index contributed by atoms with van der Waals surface area (Å²) in [5.41, 5.74) is 4.40. The predicted octanol–water partition coefficient (Wildman–Crippen LogP) is 3.83. The van der Waals surface area contributed by atoms with Crippen LogP contribution in [0.25, 0.3) is 11.4 Å². The molecule has 0 spiro atoms. The second-order valence-corrected chi connectivity index (χ2v) is 4.67. The standard InChI is InChI=1S/C13H13BrN2/c1-8-4-6-11(7-5-8)13-15-10(3)9(2)12(14)16-13/h4-7H,1-3H3. The molecule has 16 heavy (non-hydrogen) atoms. The van der Waals surface area contributed by atoms with Gasteiger partial charge in [0.15, 0.2) is 5.82 Å². The number of benzene rings is 1. The molecule has 0 aliphatic carbocycles. The van der Waals surface area contributed by atoms with Gasteiger partial charge in [0.05, 0.1) is 0 Å². The van der Waals surface area contributed by atoms with E-state index in [1.54, 1.807) is 0 Å². The molecule has 0 bridgehead atoms. The zero-order valence-corrected chi connectivity index (χ0v) is 11.2. The summed E-state index contributed by atoms with van der Waals surface area (Å²) in [6.07, 6.45) is 0. The maximum absolute atomic E-state index is 4.49. The number of nitrogens with zero attached hydrogens (tertiary/aromatic N) is 2. The molecule has 82 valence electrons. The van der Waals surface area contributed by atoms with Crippen molar-refractivity contribution in [3.8, 4) is 11.4 Å². The third kappa shape index (κ3) is 2.14. The van der Waals surface area contributed by atoms with Gasteiger partial charge in [0, 0.05) is 16.8 Å². The van der Waals surface area contributed by atoms with Gasteiger partial charge in [-0.1, -0.05) is 29.8 Å². The van der Waals surface area contributed by atoms with E-state index in [0.717, 1.165) is 27.2 Å². The number of hydrogen-bond acceptors (Lipinski definition) is 2. The van der Waals surface area contributed by atoms with Gasteiger partial charge >= 0.3 is 0 Å². The van der Waals surface area contributed by atoms with Crippen LogP contribution in [0.4, 0.5) is 0 Å². The Hall–Kier alpha value is -1.22. The van der Waals surface area contributed by atoms with Crippen molar-refractivity contribution in [2.75, 3.05) is 0 Å². The van der Waals surface area contributed by atoms with Crippen LogP contribution in [0.3, 0.4) is 0 Å². The van der Waals surface area contributed by atoms with Crippen molar-refractivity contribution >= 4 is 15.9 Å². The van der Waals surface area contributed by atoms with Crippen LogP contribution in [0.1, 0.15) is 16.8 Å². The minimum atomic E-state index is 0.773. The molecule has 2 rings (SSSR count). The van der Waals surface area contributed by atoms with Gasteiger partial charge < -0.3 is 0 Å². The lowest BCUT2D eigenvalue weighted by Gasteiger charge is -2.06. The van der Waals surface area contributed by atoms with Gasteiger partial charge in [0.25, 0.3) is 0 Å². The lowest BCUT2D eigenvalue weighted by Crippen LogP contribution is -1.96. The highest BCUT2D eigenvalue weighted by Crippen LogP contribution is 2.21. The fraction of sp³-hybridized carbons (Fsp3) is 0.231. The van der Waals surface area contributed by atoms with Gasteiger partial charge in [-0.2, -0.15) is 0 Å². The molecule has 2 aromatic rings. The molecular formula is C13H13BrN2. The van der Waals surface area contributed by atoms with Crippen molar-refractivity contribution in [1.82, 2.24) is 9.97 Å². The number of aryl methyl sites for hydroxylation is 2. The zero-order chi connectivity index (χ0) is 11.7. The van der Waals surface area contributed by atoms with Gasteiger partial charge in [0.1, 0.15) is 4.60 Å². The van der Waals surface area contributed by atoms with Crippen molar-refractivity contribution in [3.05, 3.63) is 45.7 Å². The highest BCUT2D eigenvalue weighted by molar-refractivity contribution is 9.10. The van der Waals surface area contributed by atoms with Crippen molar-refractivity contribution in [2.24, 2.45) is 0 Å². The van der Waals surface area contributed by atoms with Crippen LogP contribution in [0, 0.1) is 20.8 Å². The third-order valence-corrected chi connectivity index (χ3v) is 3.41. The molecule has 3 heteroatoms. The van der Waals surface area contributed by atoms with Crippen molar-refractivity contribution < 1.29 is 0 Å². The third-order valence-electron chi connectivity index (χ3n) is 2.64. The van der Waals surface area contributed by atoms with Crippen LogP contribution >= 0.6 is 15.9 Å². The van der Waals surface area contributed by atoms with Gasteiger partial charge in [0.2, 0.25) is 0 Å². The molecule has 0 saturated carbocycles. The molecule has 0 aliphatic heterocycles. The number of halogens is 1. The fourth-order valence-electron chi connectivity index (χ4n) is 1.43. The first kappa shape index (κ1) is 11.3. The minimum Gasteiger partial charge on any atom is -0.233 e. The van der Waals surface area contributed by atoms with E-state index in [9.17, 15) is 0 Å². The topological polar surface area (TPSA) is 25.8 Å². The van der Waals surface area contributed by atoms with Gasteiger partial charge in [-0.05, 0) is 36.7 Å². The second-order valence-electron chi connectivity index (χ2n) is 3.91. The molecule has 2 nitrogen and oxygen atoms in total. The number of hydrogen-bond donors (Lipinski definition) is 0. The Bertz CT molecular complexity index is 495. The Labute approximate surface area is 104 Å². The van der Waals surface area contributed by atoms with Gasteiger partial charge in [-0.15, -0.1) is 0 Å². The summed E-state index contributed by atoms with van der Waals surface area (Å²) in [6.45, 7) is 6.08. The van der Waals surface area contributed by atoms with E-state index in [1.165, 1.54) is 5.56 Å². The first-order valence-electron chi connectivity index (χ1n) is 5.15. The maximum Gasteiger partial charge on any atom is 0.160 e. The minimum absolute atomic E-state index is 0.773. The highest BCUT2D eigenvalue weighted by atomic mass is 79.9. The molecular weight excluding hydrogens is 264 g/mol. The van der Waals surface area contributed by atoms with Crippen LogP contribution in [0.5, 0.6) is 0 Å². The SMILES string of the molecule is Cc1ccc(-c2nc(C)c(C)c(Br)n2)cc1. The van der Waals surface area contributed by atoms with Crippen LogP contribution in [-0.4, -0.2) is 9.97 Å². The van der Waals surface area contributed by atoms with E-state index in [-0.39, 0.29) is 0 Å². The Morgan fingerprint density at radius 1 is 0.938 bits per heavy atom. The quantitative estimate of drug-likeness (QED) is 0.740. The summed E-state index contributed by atoms with van der Waals surface area (Å²) in [5, 5.41) is 0. The highest BCUT2D eigenvalue weighted by Gasteiger charge is 2.07. The van der Waals surface area contributed by atoms with E-state index in [2.05, 4.69) is 45.0 Å². The van der Waals surface area contributed by atoms with E-state index in [0.29, 0.717) is 0 Å². The first-order chi connectivity index (χ1) is 7.58. The average Bonchev–Trinajstić information content (AvgIpc) is 2.26. The average molecular weight is 277 g/mol. The van der Waals surface area contributed by atoms with E-state index >= 15 is 0 Å². The lowest BCUT2D eigenvalue weighted by atomic mass is 10.1. The molecule has 0 atom stereocenters. The maximum atomic E-state index is 4.49. The summed E-state index contributed by atoms with van der Waals surface area (Å²) >= 11 is 3.46. The van der Waals surface area contributed by atoms with Gasteiger partial charge in [-0.3, -0.25) is 0 Å².